The van der Waals surface area contributed by atoms with Crippen molar-refractivity contribution in [2.45, 2.75) is 51.1 Å². The van der Waals surface area contributed by atoms with Crippen LogP contribution in [0.2, 0.25) is 0 Å². The molecular formula is C22H25F6N5O5. The number of carbonyl (C=O) groups is 3. The Morgan fingerprint density at radius 1 is 1.05 bits per heavy atom. The molecule has 1 aliphatic heterocycles. The summed E-state index contributed by atoms with van der Waals surface area (Å²) in [5.41, 5.74) is 1.56. The van der Waals surface area contributed by atoms with E-state index < -0.39 is 24.3 Å². The van der Waals surface area contributed by atoms with Crippen LogP contribution in [0.3, 0.4) is 0 Å². The Morgan fingerprint density at radius 2 is 1.63 bits per heavy atom. The third kappa shape index (κ3) is 9.99. The first-order chi connectivity index (χ1) is 17.6. The lowest BCUT2D eigenvalue weighted by atomic mass is 10.2. The van der Waals surface area contributed by atoms with Crippen LogP contribution in [0.15, 0.2) is 30.7 Å². The van der Waals surface area contributed by atoms with Crippen molar-refractivity contribution in [2.24, 2.45) is 5.92 Å². The van der Waals surface area contributed by atoms with Crippen molar-refractivity contribution in [3.63, 3.8) is 0 Å². The molecule has 1 atom stereocenters. The average Bonchev–Trinajstić information content (AvgIpc) is 3.53. The number of hydrogen-bond acceptors (Lipinski definition) is 6. The zero-order chi connectivity index (χ0) is 28.7. The fourth-order valence-corrected chi connectivity index (χ4v) is 3.36. The van der Waals surface area contributed by atoms with Gasteiger partial charge in [0.1, 0.15) is 5.82 Å². The topological polar surface area (TPSA) is 138 Å². The molecule has 1 unspecified atom stereocenters. The maximum Gasteiger partial charge on any atom is 0.490 e. The first kappa shape index (κ1) is 30.5. The lowest BCUT2D eigenvalue weighted by Crippen LogP contribution is -2.38. The Kier molecular flexibility index (Phi) is 10.2. The van der Waals surface area contributed by atoms with Gasteiger partial charge >= 0.3 is 24.3 Å². The molecule has 1 aliphatic carbocycles. The van der Waals surface area contributed by atoms with Crippen molar-refractivity contribution in [1.29, 1.82) is 0 Å². The first-order valence-electron chi connectivity index (χ1n) is 11.2. The minimum Gasteiger partial charge on any atom is -0.475 e. The molecule has 38 heavy (non-hydrogen) atoms. The lowest BCUT2D eigenvalue weighted by molar-refractivity contribution is -0.193. The van der Waals surface area contributed by atoms with Gasteiger partial charge in [0.2, 0.25) is 5.91 Å². The van der Waals surface area contributed by atoms with Gasteiger partial charge in [-0.25, -0.2) is 14.6 Å². The fourth-order valence-electron chi connectivity index (χ4n) is 3.36. The molecule has 1 amide bonds. The monoisotopic (exact) mass is 553 g/mol. The molecule has 2 aromatic rings. The zero-order valence-corrected chi connectivity index (χ0v) is 20.0. The number of carboxylic acid groups (broad SMARTS) is 2. The minimum absolute atomic E-state index is 0.0547. The van der Waals surface area contributed by atoms with Crippen LogP contribution in [0.4, 0.5) is 32.0 Å². The molecule has 2 aliphatic rings. The molecule has 3 N–H and O–H groups in total. The van der Waals surface area contributed by atoms with Crippen LogP contribution in [-0.2, 0) is 27.3 Å². The van der Waals surface area contributed by atoms with E-state index in [9.17, 15) is 31.1 Å². The number of nitrogens with zero attached hydrogens (tertiary/aromatic N) is 4. The van der Waals surface area contributed by atoms with Gasteiger partial charge in [-0.2, -0.15) is 26.3 Å². The van der Waals surface area contributed by atoms with Gasteiger partial charge in [-0.15, -0.1) is 0 Å². The molecule has 0 aromatic carbocycles. The summed E-state index contributed by atoms with van der Waals surface area (Å²) < 4.78 is 65.7. The highest BCUT2D eigenvalue weighted by molar-refractivity contribution is 5.91. The van der Waals surface area contributed by atoms with Gasteiger partial charge in [0.15, 0.2) is 0 Å². The molecule has 0 bridgehead atoms. The van der Waals surface area contributed by atoms with Gasteiger partial charge in [0.25, 0.3) is 0 Å². The van der Waals surface area contributed by atoms with Gasteiger partial charge < -0.3 is 20.1 Å². The van der Waals surface area contributed by atoms with Crippen molar-refractivity contribution < 1.29 is 50.9 Å². The number of nitrogens with one attached hydrogen (secondary N) is 1. The molecule has 3 heterocycles. The maximum absolute atomic E-state index is 12.2. The van der Waals surface area contributed by atoms with Crippen LogP contribution >= 0.6 is 0 Å². The second-order valence-corrected chi connectivity index (χ2v) is 8.47. The minimum atomic E-state index is -5.08. The molecule has 210 valence electrons. The van der Waals surface area contributed by atoms with Crippen molar-refractivity contribution >= 4 is 23.5 Å². The number of carboxylic acids is 2. The highest BCUT2D eigenvalue weighted by Crippen LogP contribution is 2.34. The number of imidazole rings is 1. The van der Waals surface area contributed by atoms with Crippen LogP contribution < -0.4 is 5.32 Å². The zero-order valence-electron chi connectivity index (χ0n) is 20.0. The largest absolute Gasteiger partial charge is 0.490 e. The van der Waals surface area contributed by atoms with Crippen LogP contribution in [-0.4, -0.2) is 72.9 Å². The number of aliphatic carboxylic acids is 2. The molecule has 0 radical (unpaired) electrons. The average molecular weight is 553 g/mol. The summed E-state index contributed by atoms with van der Waals surface area (Å²) in [5.74, 6) is -3.59. The standard InChI is InChI=1S/C18H23N5O.2C2HF3O2/c1-13-18-21-16(9-17(24)20-15-3-2-6-19-10-15)12-23(18)8-7-22(13)11-14-4-5-14;2*3-2(4,5)1(6)7/h2-3,6,10,12-14H,4-5,7-9,11H2,1H3,(H,20,24);2*(H,6,7). The SMILES string of the molecule is CC1c2nc(CC(=O)Nc3cccnc3)cn2CCN1CC1CC1.O=C(O)C(F)(F)F.O=C(O)C(F)(F)F. The number of aromatic nitrogens is 3. The summed E-state index contributed by atoms with van der Waals surface area (Å²) in [6, 6.07) is 3.97. The predicted octanol–water partition coefficient (Wildman–Crippen LogP) is 3.51. The number of pyridine rings is 1. The van der Waals surface area contributed by atoms with Gasteiger partial charge in [0, 0.05) is 32.0 Å². The van der Waals surface area contributed by atoms with E-state index in [1.165, 1.54) is 19.4 Å². The smallest absolute Gasteiger partial charge is 0.475 e. The highest BCUT2D eigenvalue weighted by atomic mass is 19.4. The van der Waals surface area contributed by atoms with E-state index in [1.54, 1.807) is 18.5 Å². The van der Waals surface area contributed by atoms with Crippen LogP contribution in [0.5, 0.6) is 0 Å². The third-order valence-electron chi connectivity index (χ3n) is 5.37. The number of alkyl halides is 6. The van der Waals surface area contributed by atoms with E-state index >= 15 is 0 Å². The van der Waals surface area contributed by atoms with Crippen LogP contribution in [0, 0.1) is 5.92 Å². The molecule has 16 heteroatoms. The van der Waals surface area contributed by atoms with Gasteiger partial charge in [0.05, 0.1) is 30.0 Å². The number of halogens is 6. The van der Waals surface area contributed by atoms with Gasteiger partial charge in [-0.05, 0) is 37.8 Å². The molecule has 2 aromatic heterocycles. The summed E-state index contributed by atoms with van der Waals surface area (Å²) in [6.45, 7) is 5.44. The number of amides is 1. The van der Waals surface area contributed by atoms with E-state index in [0.29, 0.717) is 12.5 Å². The Balaban J connectivity index is 0.000000301. The van der Waals surface area contributed by atoms with Gasteiger partial charge in [-0.3, -0.25) is 14.7 Å². The van der Waals surface area contributed by atoms with Gasteiger partial charge in [-0.1, -0.05) is 0 Å². The van der Waals surface area contributed by atoms with Crippen molar-refractivity contribution in [3.8, 4) is 0 Å². The Morgan fingerprint density at radius 3 is 2.11 bits per heavy atom. The maximum atomic E-state index is 12.2. The number of rotatable bonds is 5. The van der Waals surface area contributed by atoms with Crippen molar-refractivity contribution in [2.75, 3.05) is 18.4 Å². The summed E-state index contributed by atoms with van der Waals surface area (Å²) in [5, 5.41) is 17.1. The van der Waals surface area contributed by atoms with Crippen LogP contribution in [0.1, 0.15) is 37.3 Å². The molecule has 1 saturated carbocycles. The lowest BCUT2D eigenvalue weighted by Gasteiger charge is -2.33. The normalized spacial score (nSPS) is 17.2. The quantitative estimate of drug-likeness (QED) is 0.479. The Bertz CT molecular complexity index is 1080. The van der Waals surface area contributed by atoms with Crippen LogP contribution in [0.25, 0.3) is 0 Å². The summed E-state index contributed by atoms with van der Waals surface area (Å²) in [7, 11) is 0. The highest BCUT2D eigenvalue weighted by Gasteiger charge is 2.39. The summed E-state index contributed by atoms with van der Waals surface area (Å²) in [6.07, 6.45) is -1.76. The second kappa shape index (κ2) is 12.7. The molecule has 10 nitrogen and oxygen atoms in total. The van der Waals surface area contributed by atoms with Crippen molar-refractivity contribution in [3.05, 3.63) is 42.2 Å². The number of hydrogen-bond donors (Lipinski definition) is 3. The van der Waals surface area contributed by atoms with Crippen molar-refractivity contribution in [1.82, 2.24) is 19.4 Å². The van der Waals surface area contributed by atoms with E-state index in [1.807, 2.05) is 12.3 Å². The Hall–Kier alpha value is -3.69. The molecule has 1 fully saturated rings. The fraction of sp³-hybridized carbons (Fsp3) is 0.500. The van der Waals surface area contributed by atoms with E-state index in [0.717, 1.165) is 36.2 Å². The molecule has 0 saturated heterocycles. The first-order valence-corrected chi connectivity index (χ1v) is 11.2. The number of carbonyl (C=O) groups excluding carboxylic acids is 1. The predicted molar refractivity (Wildman–Crippen MR) is 119 cm³/mol. The number of fused-ring (bicyclic) bond motifs is 1. The molecule has 0 spiro atoms. The summed E-state index contributed by atoms with van der Waals surface area (Å²) >= 11 is 0. The van der Waals surface area contributed by atoms with E-state index in [-0.39, 0.29) is 5.91 Å². The second-order valence-electron chi connectivity index (χ2n) is 8.47. The van der Waals surface area contributed by atoms with E-state index in [4.69, 9.17) is 24.8 Å². The number of anilines is 1. The molecule has 4 rings (SSSR count). The molecular weight excluding hydrogens is 528 g/mol. The third-order valence-corrected chi connectivity index (χ3v) is 5.37. The summed E-state index contributed by atoms with van der Waals surface area (Å²) in [4.78, 5) is 41.3. The Labute approximate surface area is 212 Å². The van der Waals surface area contributed by atoms with E-state index in [2.05, 4.69) is 26.7 Å².